The van der Waals surface area contributed by atoms with E-state index >= 15 is 0 Å². The van der Waals surface area contributed by atoms with Crippen molar-refractivity contribution < 1.29 is 13.9 Å². The zero-order valence-corrected chi connectivity index (χ0v) is 16.1. The van der Waals surface area contributed by atoms with Crippen LogP contribution in [0.3, 0.4) is 0 Å². The van der Waals surface area contributed by atoms with Gasteiger partial charge in [-0.3, -0.25) is 9.89 Å². The van der Waals surface area contributed by atoms with E-state index in [0.717, 1.165) is 36.3 Å². The van der Waals surface area contributed by atoms with Gasteiger partial charge in [0.25, 0.3) is 5.91 Å². The maximum atomic E-state index is 13.0. The van der Waals surface area contributed by atoms with Gasteiger partial charge in [-0.2, -0.15) is 0 Å². The Morgan fingerprint density at radius 2 is 1.83 bits per heavy atom. The number of rotatable bonds is 5. The van der Waals surface area contributed by atoms with Crippen LogP contribution in [0.2, 0.25) is 0 Å². The first-order valence-electron chi connectivity index (χ1n) is 9.74. The summed E-state index contributed by atoms with van der Waals surface area (Å²) in [7, 11) is 0. The summed E-state index contributed by atoms with van der Waals surface area (Å²) >= 11 is 0. The number of ether oxygens (including phenoxy) is 1. The van der Waals surface area contributed by atoms with Crippen molar-refractivity contribution in [2.24, 2.45) is 5.73 Å². The standard InChI is InChI=1S/C22H20FN5O2/c23-15-3-7-17(8-4-15)30-16-5-1-13(2-6-16)19-20(21(24)29)28-22(27-19)18(12-26-28)14-9-10-25-11-14/h1-8,12,14,25-26H,9-11H2,(H2,24,29). The number of carbonyl (C=O) groups excluding carboxylic acids is 1. The smallest absolute Gasteiger partial charge is 0.269 e. The number of fused-ring (bicyclic) bond motifs is 1. The van der Waals surface area contributed by atoms with Crippen LogP contribution in [0.4, 0.5) is 4.39 Å². The number of nitrogens with one attached hydrogen (secondary N) is 2. The highest BCUT2D eigenvalue weighted by Crippen LogP contribution is 2.32. The second kappa shape index (κ2) is 7.31. The quantitative estimate of drug-likeness (QED) is 0.474. The molecule has 0 spiro atoms. The van der Waals surface area contributed by atoms with Gasteiger partial charge in [0, 0.05) is 29.8 Å². The number of aromatic amines is 1. The van der Waals surface area contributed by atoms with Gasteiger partial charge >= 0.3 is 0 Å². The van der Waals surface area contributed by atoms with Gasteiger partial charge in [-0.25, -0.2) is 13.9 Å². The van der Waals surface area contributed by atoms with Gasteiger partial charge in [0.15, 0.2) is 11.3 Å². The molecule has 3 heterocycles. The number of aromatic nitrogens is 3. The van der Waals surface area contributed by atoms with E-state index in [2.05, 4.69) is 10.4 Å². The fourth-order valence-electron chi connectivity index (χ4n) is 3.91. The molecule has 0 bridgehead atoms. The van der Waals surface area contributed by atoms with E-state index in [1.165, 1.54) is 12.1 Å². The van der Waals surface area contributed by atoms with Crippen LogP contribution in [0.15, 0.2) is 54.7 Å². The second-order valence-electron chi connectivity index (χ2n) is 7.33. The minimum absolute atomic E-state index is 0.314. The van der Waals surface area contributed by atoms with Crippen LogP contribution in [-0.2, 0) is 0 Å². The zero-order chi connectivity index (χ0) is 20.7. The second-order valence-corrected chi connectivity index (χ2v) is 7.33. The fraction of sp³-hybridized carbons (Fsp3) is 0.182. The molecule has 2 aromatic heterocycles. The fourth-order valence-corrected chi connectivity index (χ4v) is 3.91. The first-order chi connectivity index (χ1) is 14.6. The number of H-pyrrole nitrogens is 1. The summed E-state index contributed by atoms with van der Waals surface area (Å²) < 4.78 is 20.4. The summed E-state index contributed by atoms with van der Waals surface area (Å²) in [5, 5.41) is 6.48. The molecule has 1 saturated heterocycles. The molecule has 4 aromatic rings. The third kappa shape index (κ3) is 3.21. The number of nitrogens with two attached hydrogens (primary N) is 1. The lowest BCUT2D eigenvalue weighted by molar-refractivity contribution is 0.0994. The number of halogens is 1. The van der Waals surface area contributed by atoms with E-state index < -0.39 is 5.91 Å². The molecule has 0 aliphatic carbocycles. The largest absolute Gasteiger partial charge is 0.457 e. The topological polar surface area (TPSA) is 97.4 Å². The molecule has 5 rings (SSSR count). The molecule has 1 atom stereocenters. The number of primary amides is 1. The number of hydrogen-bond donors (Lipinski definition) is 3. The first kappa shape index (κ1) is 18.4. The number of amides is 1. The predicted octanol–water partition coefficient (Wildman–Crippen LogP) is 3.44. The van der Waals surface area contributed by atoms with Crippen LogP contribution >= 0.6 is 0 Å². The maximum absolute atomic E-state index is 13.0. The number of carbonyl (C=O) groups is 1. The molecule has 1 aliphatic heterocycles. The summed E-state index contributed by atoms with van der Waals surface area (Å²) in [6, 6.07) is 13.0. The average Bonchev–Trinajstić information content (AvgIpc) is 3.46. The van der Waals surface area contributed by atoms with Crippen molar-refractivity contribution in [2.45, 2.75) is 12.3 Å². The molecule has 7 nitrogen and oxygen atoms in total. The lowest BCUT2D eigenvalue weighted by atomic mass is 10.0. The Balaban J connectivity index is 1.49. The van der Waals surface area contributed by atoms with Crippen LogP contribution in [0, 0.1) is 5.82 Å². The lowest BCUT2D eigenvalue weighted by Gasteiger charge is -2.07. The molecule has 1 unspecified atom stereocenters. The maximum Gasteiger partial charge on any atom is 0.269 e. The number of benzene rings is 2. The lowest BCUT2D eigenvalue weighted by Crippen LogP contribution is -2.15. The molecule has 4 N–H and O–H groups in total. The molecule has 1 aliphatic rings. The zero-order valence-electron chi connectivity index (χ0n) is 16.1. The highest BCUT2D eigenvalue weighted by atomic mass is 19.1. The Morgan fingerprint density at radius 3 is 2.47 bits per heavy atom. The summed E-state index contributed by atoms with van der Waals surface area (Å²) in [6.45, 7) is 1.85. The highest BCUT2D eigenvalue weighted by molar-refractivity contribution is 5.98. The van der Waals surface area contributed by atoms with Crippen LogP contribution in [-0.4, -0.2) is 33.6 Å². The van der Waals surface area contributed by atoms with Crippen LogP contribution in [0.25, 0.3) is 16.9 Å². The van der Waals surface area contributed by atoms with Gasteiger partial charge in [0.2, 0.25) is 0 Å². The third-order valence-electron chi connectivity index (χ3n) is 5.40. The van der Waals surface area contributed by atoms with Gasteiger partial charge in [-0.1, -0.05) is 0 Å². The van der Waals surface area contributed by atoms with Crippen molar-refractivity contribution >= 4 is 11.6 Å². The van der Waals surface area contributed by atoms with Crippen LogP contribution < -0.4 is 15.8 Å². The molecule has 0 radical (unpaired) electrons. The van der Waals surface area contributed by atoms with Gasteiger partial charge in [-0.05, 0) is 61.5 Å². The van der Waals surface area contributed by atoms with Crippen molar-refractivity contribution in [1.82, 2.24) is 19.9 Å². The predicted molar refractivity (Wildman–Crippen MR) is 110 cm³/mol. The Kier molecular flexibility index (Phi) is 4.48. The Hall–Kier alpha value is -3.65. The van der Waals surface area contributed by atoms with Crippen molar-refractivity contribution in [2.75, 3.05) is 13.1 Å². The van der Waals surface area contributed by atoms with E-state index in [1.54, 1.807) is 28.8 Å². The van der Waals surface area contributed by atoms with E-state index in [0.29, 0.717) is 28.8 Å². The summed E-state index contributed by atoms with van der Waals surface area (Å²) in [5.41, 5.74) is 9.07. The average molecular weight is 405 g/mol. The van der Waals surface area contributed by atoms with Crippen molar-refractivity contribution in [3.63, 3.8) is 0 Å². The number of nitrogens with zero attached hydrogens (tertiary/aromatic N) is 2. The van der Waals surface area contributed by atoms with E-state index in [1.807, 2.05) is 18.3 Å². The SMILES string of the molecule is NC(=O)c1c(-c2ccc(Oc3ccc(F)cc3)cc2)nc2c(C3CCNC3)c[nH]n12. The molecular weight excluding hydrogens is 385 g/mol. The monoisotopic (exact) mass is 405 g/mol. The molecule has 0 saturated carbocycles. The number of imidazole rings is 1. The Morgan fingerprint density at radius 1 is 1.13 bits per heavy atom. The summed E-state index contributed by atoms with van der Waals surface area (Å²) in [4.78, 5) is 17.0. The highest BCUT2D eigenvalue weighted by Gasteiger charge is 2.26. The third-order valence-corrected chi connectivity index (χ3v) is 5.40. The molecule has 1 fully saturated rings. The van der Waals surface area contributed by atoms with Gasteiger partial charge < -0.3 is 15.8 Å². The minimum atomic E-state index is -0.554. The molecule has 152 valence electrons. The van der Waals surface area contributed by atoms with Crippen molar-refractivity contribution in [1.29, 1.82) is 0 Å². The first-order valence-corrected chi connectivity index (χ1v) is 9.74. The Labute approximate surface area is 171 Å². The number of hydrogen-bond acceptors (Lipinski definition) is 4. The summed E-state index contributed by atoms with van der Waals surface area (Å²) in [6.07, 6.45) is 2.92. The van der Waals surface area contributed by atoms with E-state index in [9.17, 15) is 9.18 Å². The van der Waals surface area contributed by atoms with Crippen molar-refractivity contribution in [3.05, 3.63) is 71.8 Å². The molecule has 1 amide bonds. The molecule has 8 heteroatoms. The normalized spacial score (nSPS) is 16.2. The van der Waals surface area contributed by atoms with Gasteiger partial charge in [-0.15, -0.1) is 0 Å². The summed E-state index contributed by atoms with van der Waals surface area (Å²) in [5.74, 6) is 0.601. The van der Waals surface area contributed by atoms with Crippen LogP contribution in [0.1, 0.15) is 28.4 Å². The Bertz CT molecular complexity index is 1210. The van der Waals surface area contributed by atoms with Gasteiger partial charge in [0.05, 0.1) is 0 Å². The van der Waals surface area contributed by atoms with Gasteiger partial charge in [0.1, 0.15) is 23.0 Å². The van der Waals surface area contributed by atoms with E-state index in [-0.39, 0.29) is 5.82 Å². The van der Waals surface area contributed by atoms with E-state index in [4.69, 9.17) is 15.5 Å². The molecule has 2 aromatic carbocycles. The molecule has 30 heavy (non-hydrogen) atoms. The minimum Gasteiger partial charge on any atom is -0.457 e. The van der Waals surface area contributed by atoms with Crippen molar-refractivity contribution in [3.8, 4) is 22.8 Å². The molecular formula is C22H20FN5O2. The van der Waals surface area contributed by atoms with Crippen LogP contribution in [0.5, 0.6) is 11.5 Å².